The minimum atomic E-state index is -3.77. The molecule has 30 heavy (non-hydrogen) atoms. The zero-order valence-corrected chi connectivity index (χ0v) is 17.6. The summed E-state index contributed by atoms with van der Waals surface area (Å²) in [7, 11) is -3.77. The highest BCUT2D eigenvalue weighted by Crippen LogP contribution is 2.27. The third-order valence-electron chi connectivity index (χ3n) is 5.68. The van der Waals surface area contributed by atoms with Gasteiger partial charge >= 0.3 is 0 Å². The van der Waals surface area contributed by atoms with Crippen molar-refractivity contribution in [1.82, 2.24) is 4.31 Å². The van der Waals surface area contributed by atoms with E-state index < -0.39 is 21.7 Å². The molecule has 0 atom stereocenters. The first-order chi connectivity index (χ1) is 14.4. The van der Waals surface area contributed by atoms with E-state index in [9.17, 15) is 17.6 Å². The minimum Gasteiger partial charge on any atom is -0.371 e. The molecule has 2 aromatic carbocycles. The van der Waals surface area contributed by atoms with E-state index in [1.165, 1.54) is 28.6 Å². The summed E-state index contributed by atoms with van der Waals surface area (Å²) < 4.78 is 41.9. The summed E-state index contributed by atoms with van der Waals surface area (Å²) in [6.07, 6.45) is 4.75. The summed E-state index contributed by atoms with van der Waals surface area (Å²) >= 11 is 0. The zero-order chi connectivity index (χ0) is 21.1. The van der Waals surface area contributed by atoms with Crippen molar-refractivity contribution < 1.29 is 17.6 Å². The third-order valence-corrected chi connectivity index (χ3v) is 7.63. The van der Waals surface area contributed by atoms with Gasteiger partial charge in [0.05, 0.1) is 10.5 Å². The number of sulfonamides is 1. The number of amides is 1. The number of hydrogen-bond acceptors (Lipinski definition) is 4. The Bertz CT molecular complexity index is 1030. The van der Waals surface area contributed by atoms with Crippen molar-refractivity contribution in [1.29, 1.82) is 0 Å². The number of nitrogens with zero attached hydrogens (tertiary/aromatic N) is 2. The molecule has 2 saturated heterocycles. The number of halogens is 1. The van der Waals surface area contributed by atoms with Gasteiger partial charge in [0.25, 0.3) is 5.91 Å². The number of nitrogens with one attached hydrogen (secondary N) is 1. The van der Waals surface area contributed by atoms with Crippen LogP contribution in [0.1, 0.15) is 42.5 Å². The van der Waals surface area contributed by atoms with Gasteiger partial charge < -0.3 is 10.2 Å². The van der Waals surface area contributed by atoms with E-state index in [1.807, 2.05) is 0 Å². The van der Waals surface area contributed by atoms with E-state index in [0.717, 1.165) is 50.9 Å². The van der Waals surface area contributed by atoms with Crippen LogP contribution in [-0.4, -0.2) is 44.8 Å². The molecule has 2 heterocycles. The van der Waals surface area contributed by atoms with Crippen LogP contribution in [-0.2, 0) is 10.0 Å². The summed E-state index contributed by atoms with van der Waals surface area (Å²) in [6.45, 7) is 2.63. The Morgan fingerprint density at radius 2 is 1.57 bits per heavy atom. The fourth-order valence-electron chi connectivity index (χ4n) is 4.13. The van der Waals surface area contributed by atoms with E-state index in [1.54, 1.807) is 18.2 Å². The highest BCUT2D eigenvalue weighted by Gasteiger charge is 2.29. The average molecular weight is 432 g/mol. The van der Waals surface area contributed by atoms with Crippen LogP contribution in [0.2, 0.25) is 0 Å². The second-order valence-electron chi connectivity index (χ2n) is 7.81. The van der Waals surface area contributed by atoms with Gasteiger partial charge in [-0.15, -0.1) is 0 Å². The normalized spacial score (nSPS) is 17.8. The zero-order valence-electron chi connectivity index (χ0n) is 16.8. The standard InChI is InChI=1S/C22H26FN3O3S/c23-17-14-18(16-19(15-17)25-10-6-7-11-25)24-22(27)20-8-2-3-9-21(20)30(28,29)26-12-4-1-5-13-26/h2-3,8-9,14-16H,1,4-7,10-13H2,(H,24,27). The van der Waals surface area contributed by atoms with Gasteiger partial charge in [-0.2, -0.15) is 4.31 Å². The van der Waals surface area contributed by atoms with Gasteiger partial charge in [-0.1, -0.05) is 18.6 Å². The van der Waals surface area contributed by atoms with Crippen molar-refractivity contribution in [2.75, 3.05) is 36.4 Å². The summed E-state index contributed by atoms with van der Waals surface area (Å²) in [5.41, 5.74) is 1.10. The fourth-order valence-corrected chi connectivity index (χ4v) is 5.83. The molecule has 0 aliphatic carbocycles. The van der Waals surface area contributed by atoms with Gasteiger partial charge in [-0.25, -0.2) is 12.8 Å². The first kappa shape index (κ1) is 20.8. The molecule has 8 heteroatoms. The first-order valence-electron chi connectivity index (χ1n) is 10.4. The number of benzene rings is 2. The molecule has 2 fully saturated rings. The Morgan fingerprint density at radius 1 is 0.900 bits per heavy atom. The largest absolute Gasteiger partial charge is 0.371 e. The Balaban J connectivity index is 1.60. The maximum atomic E-state index is 14.2. The molecule has 0 aromatic heterocycles. The lowest BCUT2D eigenvalue weighted by atomic mass is 10.2. The molecule has 6 nitrogen and oxygen atoms in total. The lowest BCUT2D eigenvalue weighted by Gasteiger charge is -2.26. The number of hydrogen-bond donors (Lipinski definition) is 1. The number of carbonyl (C=O) groups excluding carboxylic acids is 1. The predicted molar refractivity (Wildman–Crippen MR) is 115 cm³/mol. The SMILES string of the molecule is O=C(Nc1cc(F)cc(N2CCCC2)c1)c1ccccc1S(=O)(=O)N1CCCCC1. The second kappa shape index (κ2) is 8.73. The van der Waals surface area contributed by atoms with Gasteiger partial charge in [-0.3, -0.25) is 4.79 Å². The molecule has 1 amide bonds. The molecular weight excluding hydrogens is 405 g/mol. The molecular formula is C22H26FN3O3S. The van der Waals surface area contributed by atoms with Crippen molar-refractivity contribution in [2.24, 2.45) is 0 Å². The summed E-state index contributed by atoms with van der Waals surface area (Å²) in [5.74, 6) is -1.01. The van der Waals surface area contributed by atoms with Gasteiger partial charge in [-0.05, 0) is 56.0 Å². The van der Waals surface area contributed by atoms with E-state index in [0.29, 0.717) is 18.8 Å². The third kappa shape index (κ3) is 4.34. The molecule has 2 aliphatic rings. The smallest absolute Gasteiger partial charge is 0.257 e. The molecule has 2 aliphatic heterocycles. The van der Waals surface area contributed by atoms with E-state index in [2.05, 4.69) is 10.2 Å². The average Bonchev–Trinajstić information content (AvgIpc) is 3.29. The first-order valence-corrected chi connectivity index (χ1v) is 11.9. The van der Waals surface area contributed by atoms with Crippen molar-refractivity contribution in [3.63, 3.8) is 0 Å². The van der Waals surface area contributed by atoms with Crippen LogP contribution in [0.3, 0.4) is 0 Å². The Hall–Kier alpha value is -2.45. The minimum absolute atomic E-state index is 0.0134. The number of piperidine rings is 1. The van der Waals surface area contributed by atoms with E-state index in [4.69, 9.17) is 0 Å². The fraction of sp³-hybridized carbons (Fsp3) is 0.409. The van der Waals surface area contributed by atoms with Crippen LogP contribution in [0.4, 0.5) is 15.8 Å². The Morgan fingerprint density at radius 3 is 2.30 bits per heavy atom. The lowest BCUT2D eigenvalue weighted by Crippen LogP contribution is -2.36. The molecule has 0 spiro atoms. The van der Waals surface area contributed by atoms with Gasteiger partial charge in [0.2, 0.25) is 10.0 Å². The van der Waals surface area contributed by atoms with Crippen molar-refractivity contribution in [2.45, 2.75) is 37.0 Å². The van der Waals surface area contributed by atoms with Crippen molar-refractivity contribution >= 4 is 27.3 Å². The maximum absolute atomic E-state index is 14.2. The molecule has 0 unspecified atom stereocenters. The lowest BCUT2D eigenvalue weighted by molar-refractivity contribution is 0.102. The van der Waals surface area contributed by atoms with Gasteiger partial charge in [0.1, 0.15) is 5.82 Å². The molecule has 0 saturated carbocycles. The van der Waals surface area contributed by atoms with Crippen LogP contribution >= 0.6 is 0 Å². The van der Waals surface area contributed by atoms with Crippen LogP contribution in [0.5, 0.6) is 0 Å². The maximum Gasteiger partial charge on any atom is 0.257 e. The molecule has 1 N–H and O–H groups in total. The predicted octanol–water partition coefficient (Wildman–Crippen LogP) is 3.85. The highest BCUT2D eigenvalue weighted by molar-refractivity contribution is 7.89. The second-order valence-corrected chi connectivity index (χ2v) is 9.71. The summed E-state index contributed by atoms with van der Waals surface area (Å²) in [4.78, 5) is 15.0. The van der Waals surface area contributed by atoms with Gasteiger partial charge in [0, 0.05) is 37.6 Å². The topological polar surface area (TPSA) is 69.7 Å². The van der Waals surface area contributed by atoms with Crippen molar-refractivity contribution in [3.8, 4) is 0 Å². The number of carbonyl (C=O) groups is 1. The Labute approximate surface area is 176 Å². The van der Waals surface area contributed by atoms with Crippen LogP contribution < -0.4 is 10.2 Å². The Kier molecular flexibility index (Phi) is 6.06. The molecule has 0 bridgehead atoms. The monoisotopic (exact) mass is 431 g/mol. The quantitative estimate of drug-likeness (QED) is 0.781. The van der Waals surface area contributed by atoms with E-state index in [-0.39, 0.29) is 10.5 Å². The van der Waals surface area contributed by atoms with E-state index >= 15 is 0 Å². The van der Waals surface area contributed by atoms with Crippen LogP contribution in [0.25, 0.3) is 0 Å². The summed E-state index contributed by atoms with van der Waals surface area (Å²) in [6, 6.07) is 10.6. The van der Waals surface area contributed by atoms with Crippen molar-refractivity contribution in [3.05, 3.63) is 53.8 Å². The van der Waals surface area contributed by atoms with Gasteiger partial charge in [0.15, 0.2) is 0 Å². The summed E-state index contributed by atoms with van der Waals surface area (Å²) in [5, 5.41) is 2.69. The highest BCUT2D eigenvalue weighted by atomic mass is 32.2. The number of rotatable bonds is 5. The molecule has 2 aromatic rings. The molecule has 0 radical (unpaired) electrons. The van der Waals surface area contributed by atoms with Crippen LogP contribution in [0, 0.1) is 5.82 Å². The number of anilines is 2. The van der Waals surface area contributed by atoms with Crippen LogP contribution in [0.15, 0.2) is 47.4 Å². The molecule has 160 valence electrons. The molecule has 4 rings (SSSR count).